The van der Waals surface area contributed by atoms with Gasteiger partial charge in [-0.15, -0.1) is 0 Å². The predicted molar refractivity (Wildman–Crippen MR) is 86.9 cm³/mol. The average molecular weight is 436 g/mol. The highest BCUT2D eigenvalue weighted by atomic mass is 79.9. The van der Waals surface area contributed by atoms with Crippen molar-refractivity contribution < 1.29 is 14.1 Å². The van der Waals surface area contributed by atoms with Gasteiger partial charge in [0, 0.05) is 11.5 Å². The van der Waals surface area contributed by atoms with Crippen molar-refractivity contribution in [2.24, 2.45) is 7.05 Å². The number of halogens is 2. The van der Waals surface area contributed by atoms with Crippen LogP contribution in [0.2, 0.25) is 0 Å². The minimum atomic E-state index is -1.49. The van der Waals surface area contributed by atoms with E-state index < -0.39 is 16.8 Å². The summed E-state index contributed by atoms with van der Waals surface area (Å²) in [5.41, 5.74) is 1.62. The molecule has 1 atom stereocenters. The lowest BCUT2D eigenvalue weighted by atomic mass is 10.2. The molecule has 2 rings (SSSR count). The minimum Gasteiger partial charge on any atom is -0.478 e. The molecule has 2 aromatic rings. The lowest BCUT2D eigenvalue weighted by Gasteiger charge is -2.08. The van der Waals surface area contributed by atoms with E-state index in [1.807, 2.05) is 6.92 Å². The highest BCUT2D eigenvalue weighted by Crippen LogP contribution is 2.26. The fraction of sp³-hybridized carbons (Fsp3) is 0.231. The van der Waals surface area contributed by atoms with E-state index in [4.69, 9.17) is 0 Å². The Bertz CT molecular complexity index is 743. The number of carbonyl (C=O) groups is 1. The summed E-state index contributed by atoms with van der Waals surface area (Å²) in [6.07, 6.45) is 0. The maximum absolute atomic E-state index is 12.6. The van der Waals surface area contributed by atoms with Crippen LogP contribution in [0.15, 0.2) is 32.0 Å². The normalized spacial score (nSPS) is 12.4. The maximum Gasteiger partial charge on any atom is 0.336 e. The van der Waals surface area contributed by atoms with Crippen LogP contribution in [-0.4, -0.2) is 25.1 Å². The summed E-state index contributed by atoms with van der Waals surface area (Å²) in [6, 6.07) is 4.65. The first-order chi connectivity index (χ1) is 9.81. The first-order valence-electron chi connectivity index (χ1n) is 5.90. The van der Waals surface area contributed by atoms with Crippen LogP contribution < -0.4 is 0 Å². The van der Waals surface area contributed by atoms with E-state index in [2.05, 4.69) is 37.0 Å². The molecule has 5 nitrogen and oxygen atoms in total. The van der Waals surface area contributed by atoms with Crippen LogP contribution in [0, 0.1) is 6.92 Å². The molecule has 0 saturated carbocycles. The summed E-state index contributed by atoms with van der Waals surface area (Å²) in [4.78, 5) is 11.5. The van der Waals surface area contributed by atoms with Gasteiger partial charge in [0.05, 0.1) is 42.9 Å². The van der Waals surface area contributed by atoms with Gasteiger partial charge in [0.1, 0.15) is 0 Å². The van der Waals surface area contributed by atoms with Gasteiger partial charge in [-0.3, -0.25) is 8.89 Å². The Kier molecular flexibility index (Phi) is 5.00. The fourth-order valence-corrected chi connectivity index (χ4v) is 4.47. The largest absolute Gasteiger partial charge is 0.478 e. The van der Waals surface area contributed by atoms with Crippen molar-refractivity contribution in [2.75, 3.05) is 0 Å². The first kappa shape index (κ1) is 16.4. The molecule has 0 spiro atoms. The fourth-order valence-electron chi connectivity index (χ4n) is 1.90. The molecule has 0 aliphatic heterocycles. The molecule has 1 heterocycles. The maximum atomic E-state index is 12.6. The number of aromatic nitrogens is 2. The number of aryl methyl sites for hydroxylation is 2. The van der Waals surface area contributed by atoms with E-state index in [9.17, 15) is 14.1 Å². The molecule has 0 radical (unpaired) electrons. The monoisotopic (exact) mass is 434 g/mol. The number of carboxylic acids is 1. The summed E-state index contributed by atoms with van der Waals surface area (Å²) >= 11 is 6.70. The Labute approximate surface area is 141 Å². The molecule has 0 aliphatic rings. The molecule has 0 aliphatic carbocycles. The molecule has 1 unspecified atom stereocenters. The van der Waals surface area contributed by atoms with E-state index in [1.54, 1.807) is 23.9 Å². The summed E-state index contributed by atoms with van der Waals surface area (Å²) < 4.78 is 15.7. The molecule has 1 N–H and O–H groups in total. The number of hydrogen-bond donors (Lipinski definition) is 1. The molecule has 112 valence electrons. The molecule has 21 heavy (non-hydrogen) atoms. The van der Waals surface area contributed by atoms with Crippen LogP contribution >= 0.6 is 31.9 Å². The second kappa shape index (κ2) is 6.41. The summed E-state index contributed by atoms with van der Waals surface area (Å²) in [6.45, 7) is 1.85. The molecule has 0 amide bonds. The van der Waals surface area contributed by atoms with Crippen molar-refractivity contribution in [1.29, 1.82) is 0 Å². The van der Waals surface area contributed by atoms with Crippen LogP contribution in [0.3, 0.4) is 0 Å². The van der Waals surface area contributed by atoms with E-state index in [-0.39, 0.29) is 11.3 Å². The number of benzene rings is 1. The van der Waals surface area contributed by atoms with Crippen LogP contribution in [0.1, 0.15) is 21.7 Å². The van der Waals surface area contributed by atoms with Gasteiger partial charge in [0.15, 0.2) is 0 Å². The summed E-state index contributed by atoms with van der Waals surface area (Å²) in [7, 11) is 0.281. The highest BCUT2D eigenvalue weighted by Gasteiger charge is 2.19. The highest BCUT2D eigenvalue weighted by molar-refractivity contribution is 9.10. The third kappa shape index (κ3) is 3.44. The van der Waals surface area contributed by atoms with Gasteiger partial charge in [-0.2, -0.15) is 5.10 Å². The topological polar surface area (TPSA) is 72.2 Å². The number of rotatable bonds is 4. The number of aromatic carboxylic acids is 1. The third-order valence-electron chi connectivity index (χ3n) is 2.95. The Balaban J connectivity index is 2.41. The zero-order valence-electron chi connectivity index (χ0n) is 11.3. The van der Waals surface area contributed by atoms with Gasteiger partial charge < -0.3 is 5.11 Å². The van der Waals surface area contributed by atoms with Crippen LogP contribution in [0.5, 0.6) is 0 Å². The average Bonchev–Trinajstić information content (AvgIpc) is 2.64. The van der Waals surface area contributed by atoms with Crippen molar-refractivity contribution >= 4 is 48.6 Å². The van der Waals surface area contributed by atoms with Gasteiger partial charge in [-0.1, -0.05) is 15.9 Å². The van der Waals surface area contributed by atoms with Gasteiger partial charge in [-0.05, 0) is 41.1 Å². The zero-order chi connectivity index (χ0) is 15.7. The van der Waals surface area contributed by atoms with E-state index >= 15 is 0 Å². The quantitative estimate of drug-likeness (QED) is 0.799. The molecule has 0 fully saturated rings. The molecule has 8 heteroatoms. The smallest absolute Gasteiger partial charge is 0.336 e. The van der Waals surface area contributed by atoms with Crippen molar-refractivity contribution in [1.82, 2.24) is 9.78 Å². The molecule has 1 aromatic heterocycles. The van der Waals surface area contributed by atoms with Gasteiger partial charge in [0.2, 0.25) is 0 Å². The van der Waals surface area contributed by atoms with Crippen molar-refractivity contribution in [3.05, 3.63) is 44.1 Å². The van der Waals surface area contributed by atoms with Crippen molar-refractivity contribution in [3.63, 3.8) is 0 Å². The van der Waals surface area contributed by atoms with E-state index in [1.165, 1.54) is 6.07 Å². The van der Waals surface area contributed by atoms with Gasteiger partial charge >= 0.3 is 5.97 Å². The van der Waals surface area contributed by atoms with Crippen LogP contribution in [0.4, 0.5) is 0 Å². The molecular formula is C13H12Br2N2O3S. The Morgan fingerprint density at radius 2 is 2.10 bits per heavy atom. The SMILES string of the molecule is Cc1nn(C)c(CS(=O)c2cc(Br)ccc2C(=O)O)c1Br. The van der Waals surface area contributed by atoms with Crippen LogP contribution in [0.25, 0.3) is 0 Å². The van der Waals surface area contributed by atoms with Crippen molar-refractivity contribution in [3.8, 4) is 0 Å². The van der Waals surface area contributed by atoms with Gasteiger partial charge in [0.25, 0.3) is 0 Å². The molecule has 1 aromatic carbocycles. The van der Waals surface area contributed by atoms with Crippen molar-refractivity contribution in [2.45, 2.75) is 17.6 Å². The first-order valence-corrected chi connectivity index (χ1v) is 8.81. The van der Waals surface area contributed by atoms with Gasteiger partial charge in [-0.25, -0.2) is 4.79 Å². The number of hydrogen-bond acceptors (Lipinski definition) is 3. The molecule has 0 bridgehead atoms. The minimum absolute atomic E-state index is 0.0477. The Morgan fingerprint density at radius 1 is 1.43 bits per heavy atom. The van der Waals surface area contributed by atoms with E-state index in [0.717, 1.165) is 15.9 Å². The Hall–Kier alpha value is -0.990. The lowest BCUT2D eigenvalue weighted by molar-refractivity contribution is 0.0693. The second-order valence-electron chi connectivity index (χ2n) is 4.41. The third-order valence-corrected chi connectivity index (χ3v) is 5.84. The zero-order valence-corrected chi connectivity index (χ0v) is 15.2. The van der Waals surface area contributed by atoms with E-state index in [0.29, 0.717) is 9.37 Å². The number of nitrogens with zero attached hydrogens (tertiary/aromatic N) is 2. The summed E-state index contributed by atoms with van der Waals surface area (Å²) in [5.74, 6) is -0.902. The second-order valence-corrected chi connectivity index (χ2v) is 7.53. The number of carboxylic acid groups (broad SMARTS) is 1. The standard InChI is InChI=1S/C13H12Br2N2O3S/c1-7-12(15)10(17(2)16-7)6-21(20)11-5-8(14)3-4-9(11)13(18)19/h3-5H,6H2,1-2H3,(H,18,19). The van der Waals surface area contributed by atoms with Crippen LogP contribution in [-0.2, 0) is 23.6 Å². The Morgan fingerprint density at radius 3 is 2.62 bits per heavy atom. The predicted octanol–water partition coefficient (Wildman–Crippen LogP) is 3.26. The summed E-state index contributed by atoms with van der Waals surface area (Å²) in [5, 5.41) is 13.5. The molecule has 0 saturated heterocycles. The molecular weight excluding hydrogens is 424 g/mol. The lowest BCUT2D eigenvalue weighted by Crippen LogP contribution is -2.08.